The average molecular weight is 345 g/mol. The summed E-state index contributed by atoms with van der Waals surface area (Å²) in [5.41, 5.74) is 2.61. The summed E-state index contributed by atoms with van der Waals surface area (Å²) >= 11 is 0. The first kappa shape index (κ1) is 19.4. The van der Waals surface area contributed by atoms with Crippen molar-refractivity contribution in [1.29, 1.82) is 0 Å². The Morgan fingerprint density at radius 2 is 1.92 bits per heavy atom. The molecule has 0 aromatic heterocycles. The zero-order valence-electron chi connectivity index (χ0n) is 16.3. The summed E-state index contributed by atoms with van der Waals surface area (Å²) in [6.45, 7) is 9.21. The van der Waals surface area contributed by atoms with Gasteiger partial charge >= 0.3 is 0 Å². The lowest BCUT2D eigenvalue weighted by atomic mass is 9.94. The molecule has 1 atom stereocenters. The number of carbonyl (C=O) groups is 2. The SMILES string of the molecule is Cc1cc(CN(C)C)cc(NC(=O)[C@@H]2CCCN2C(=O)C(C)(C)C)c1. The van der Waals surface area contributed by atoms with Crippen LogP contribution in [-0.2, 0) is 16.1 Å². The monoisotopic (exact) mass is 345 g/mol. The smallest absolute Gasteiger partial charge is 0.247 e. The first-order valence-electron chi connectivity index (χ1n) is 8.95. The maximum absolute atomic E-state index is 12.8. The Hall–Kier alpha value is -1.88. The first-order valence-corrected chi connectivity index (χ1v) is 8.95. The van der Waals surface area contributed by atoms with Crippen LogP contribution in [-0.4, -0.2) is 48.3 Å². The van der Waals surface area contributed by atoms with E-state index in [1.54, 1.807) is 4.90 Å². The van der Waals surface area contributed by atoms with Crippen LogP contribution in [0.5, 0.6) is 0 Å². The maximum Gasteiger partial charge on any atom is 0.247 e. The van der Waals surface area contributed by atoms with E-state index in [-0.39, 0.29) is 17.9 Å². The number of nitrogens with one attached hydrogen (secondary N) is 1. The molecule has 1 fully saturated rings. The Morgan fingerprint density at radius 1 is 1.24 bits per heavy atom. The maximum atomic E-state index is 12.8. The molecule has 1 saturated heterocycles. The molecule has 1 aromatic rings. The van der Waals surface area contributed by atoms with E-state index in [0.717, 1.165) is 36.2 Å². The summed E-state index contributed by atoms with van der Waals surface area (Å²) in [6.07, 6.45) is 1.60. The molecule has 5 heteroatoms. The predicted molar refractivity (Wildman–Crippen MR) is 101 cm³/mol. The first-order chi connectivity index (χ1) is 11.6. The van der Waals surface area contributed by atoms with Crippen LogP contribution in [0, 0.1) is 12.3 Å². The topological polar surface area (TPSA) is 52.7 Å². The number of nitrogens with zero attached hydrogens (tertiary/aromatic N) is 2. The van der Waals surface area contributed by atoms with Crippen molar-refractivity contribution in [2.24, 2.45) is 5.41 Å². The Morgan fingerprint density at radius 3 is 2.52 bits per heavy atom. The van der Waals surface area contributed by atoms with Crippen LogP contribution in [0.25, 0.3) is 0 Å². The molecule has 0 radical (unpaired) electrons. The van der Waals surface area contributed by atoms with Gasteiger partial charge in [0.15, 0.2) is 0 Å². The van der Waals surface area contributed by atoms with Gasteiger partial charge in [0, 0.05) is 24.2 Å². The van der Waals surface area contributed by atoms with Gasteiger partial charge < -0.3 is 15.1 Å². The van der Waals surface area contributed by atoms with Crippen LogP contribution in [0.1, 0.15) is 44.7 Å². The number of benzene rings is 1. The van der Waals surface area contributed by atoms with Crippen molar-refractivity contribution >= 4 is 17.5 Å². The van der Waals surface area contributed by atoms with Crippen molar-refractivity contribution < 1.29 is 9.59 Å². The Kier molecular flexibility index (Phi) is 5.88. The molecule has 0 spiro atoms. The molecule has 0 unspecified atom stereocenters. The second kappa shape index (κ2) is 7.56. The van der Waals surface area contributed by atoms with E-state index in [4.69, 9.17) is 0 Å². The van der Waals surface area contributed by atoms with E-state index in [1.807, 2.05) is 53.9 Å². The minimum absolute atomic E-state index is 0.0442. The molecule has 1 heterocycles. The number of amides is 2. The molecule has 0 aliphatic carbocycles. The molecular formula is C20H31N3O2. The number of anilines is 1. The Labute approximate surface area is 151 Å². The Bertz CT molecular complexity index is 647. The largest absolute Gasteiger partial charge is 0.330 e. The fourth-order valence-electron chi connectivity index (χ4n) is 3.33. The zero-order valence-corrected chi connectivity index (χ0v) is 16.3. The number of rotatable bonds is 4. The fourth-order valence-corrected chi connectivity index (χ4v) is 3.33. The van der Waals surface area contributed by atoms with Crippen molar-refractivity contribution in [3.05, 3.63) is 29.3 Å². The molecule has 25 heavy (non-hydrogen) atoms. The number of aryl methyl sites for hydroxylation is 1. The molecule has 1 aliphatic heterocycles. The quantitative estimate of drug-likeness (QED) is 0.912. The lowest BCUT2D eigenvalue weighted by Gasteiger charge is -2.30. The molecule has 1 N–H and O–H groups in total. The number of hydrogen-bond donors (Lipinski definition) is 1. The van der Waals surface area contributed by atoms with Crippen LogP contribution >= 0.6 is 0 Å². The second-order valence-corrected chi connectivity index (χ2v) is 8.34. The van der Waals surface area contributed by atoms with Crippen molar-refractivity contribution in [3.63, 3.8) is 0 Å². The van der Waals surface area contributed by atoms with E-state index < -0.39 is 5.41 Å². The van der Waals surface area contributed by atoms with E-state index >= 15 is 0 Å². The number of hydrogen-bond acceptors (Lipinski definition) is 3. The summed E-state index contributed by atoms with van der Waals surface area (Å²) in [5, 5.41) is 3.02. The fraction of sp³-hybridized carbons (Fsp3) is 0.600. The molecule has 2 rings (SSSR count). The molecule has 0 bridgehead atoms. The summed E-state index contributed by atoms with van der Waals surface area (Å²) in [7, 11) is 4.05. The van der Waals surface area contributed by atoms with Crippen LogP contribution in [0.3, 0.4) is 0 Å². The van der Waals surface area contributed by atoms with Crippen molar-refractivity contribution in [1.82, 2.24) is 9.80 Å². The lowest BCUT2D eigenvalue weighted by Crippen LogP contribution is -2.47. The third-order valence-electron chi connectivity index (χ3n) is 4.36. The molecule has 5 nitrogen and oxygen atoms in total. The van der Waals surface area contributed by atoms with Gasteiger partial charge in [-0.05, 0) is 57.1 Å². The standard InChI is InChI=1S/C20H31N3O2/c1-14-10-15(13-22(5)6)12-16(11-14)21-18(24)17-8-7-9-23(17)19(25)20(2,3)4/h10-12,17H,7-9,13H2,1-6H3,(H,21,24)/t17-/m0/s1. The summed E-state index contributed by atoms with van der Waals surface area (Å²) in [5.74, 6) is -0.0424. The van der Waals surface area contributed by atoms with Crippen LogP contribution < -0.4 is 5.32 Å². The molecule has 138 valence electrons. The molecule has 1 aliphatic rings. The van der Waals surface area contributed by atoms with Crippen molar-refractivity contribution in [3.8, 4) is 0 Å². The van der Waals surface area contributed by atoms with Gasteiger partial charge in [-0.1, -0.05) is 26.8 Å². The lowest BCUT2D eigenvalue weighted by molar-refractivity contribution is -0.143. The highest BCUT2D eigenvalue weighted by atomic mass is 16.2. The highest BCUT2D eigenvalue weighted by Gasteiger charge is 2.38. The molecule has 0 saturated carbocycles. The summed E-state index contributed by atoms with van der Waals surface area (Å²) in [6, 6.07) is 5.74. The van der Waals surface area contributed by atoms with Gasteiger partial charge in [0.2, 0.25) is 11.8 Å². The van der Waals surface area contributed by atoms with E-state index in [0.29, 0.717) is 6.54 Å². The van der Waals surface area contributed by atoms with Crippen LogP contribution in [0.15, 0.2) is 18.2 Å². The van der Waals surface area contributed by atoms with Crippen LogP contribution in [0.2, 0.25) is 0 Å². The van der Waals surface area contributed by atoms with Gasteiger partial charge in [0.1, 0.15) is 6.04 Å². The molecule has 2 amide bonds. The van der Waals surface area contributed by atoms with E-state index in [2.05, 4.69) is 16.3 Å². The highest BCUT2D eigenvalue weighted by molar-refractivity contribution is 5.98. The molecular weight excluding hydrogens is 314 g/mol. The summed E-state index contributed by atoms with van der Waals surface area (Å²) in [4.78, 5) is 29.2. The second-order valence-electron chi connectivity index (χ2n) is 8.34. The van der Waals surface area contributed by atoms with E-state index in [1.165, 1.54) is 0 Å². The normalized spacial score (nSPS) is 17.9. The average Bonchev–Trinajstić information content (AvgIpc) is 2.93. The number of carbonyl (C=O) groups excluding carboxylic acids is 2. The van der Waals surface area contributed by atoms with Gasteiger partial charge in [-0.3, -0.25) is 9.59 Å². The van der Waals surface area contributed by atoms with Gasteiger partial charge in [-0.25, -0.2) is 0 Å². The predicted octanol–water partition coefficient (Wildman–Crippen LogP) is 3.03. The minimum atomic E-state index is -0.467. The van der Waals surface area contributed by atoms with Crippen LogP contribution in [0.4, 0.5) is 5.69 Å². The number of likely N-dealkylation sites (tertiary alicyclic amines) is 1. The minimum Gasteiger partial charge on any atom is -0.330 e. The van der Waals surface area contributed by atoms with Gasteiger partial charge in [-0.2, -0.15) is 0 Å². The van der Waals surface area contributed by atoms with Gasteiger partial charge in [0.25, 0.3) is 0 Å². The van der Waals surface area contributed by atoms with Crippen molar-refractivity contribution in [2.45, 2.75) is 53.1 Å². The van der Waals surface area contributed by atoms with Gasteiger partial charge in [-0.15, -0.1) is 0 Å². The highest BCUT2D eigenvalue weighted by Crippen LogP contribution is 2.26. The Balaban J connectivity index is 2.13. The third kappa shape index (κ3) is 5.05. The summed E-state index contributed by atoms with van der Waals surface area (Å²) < 4.78 is 0. The zero-order chi connectivity index (χ0) is 18.8. The molecule has 1 aromatic carbocycles. The third-order valence-corrected chi connectivity index (χ3v) is 4.36. The van der Waals surface area contributed by atoms with E-state index in [9.17, 15) is 9.59 Å². The van der Waals surface area contributed by atoms with Gasteiger partial charge in [0.05, 0.1) is 0 Å². The van der Waals surface area contributed by atoms with Crippen molar-refractivity contribution in [2.75, 3.05) is 26.0 Å².